The summed E-state index contributed by atoms with van der Waals surface area (Å²) >= 11 is 1.76. The molecule has 1 aliphatic rings. The largest absolute Gasteiger partial charge is 0.378 e. The maximum atomic E-state index is 5.10. The highest BCUT2D eigenvalue weighted by Gasteiger charge is 2.17. The molecule has 0 bridgehead atoms. The predicted molar refractivity (Wildman–Crippen MR) is 56.5 cm³/mol. The average Bonchev–Trinajstić information content (AvgIpc) is 2.12. The minimum absolute atomic E-state index is 0.511. The minimum atomic E-state index is 0.511. The van der Waals surface area contributed by atoms with Crippen LogP contribution in [0.15, 0.2) is 29.2 Å². The van der Waals surface area contributed by atoms with Gasteiger partial charge in [-0.15, -0.1) is 11.8 Å². The molecule has 0 radical (unpaired) electrons. The molecule has 2 nitrogen and oxygen atoms in total. The van der Waals surface area contributed by atoms with Crippen LogP contribution >= 0.6 is 11.8 Å². The molecule has 0 aromatic heterocycles. The maximum absolute atomic E-state index is 5.10. The second-order valence-corrected chi connectivity index (χ2v) is 3.99. The van der Waals surface area contributed by atoms with Crippen molar-refractivity contribution >= 4 is 17.4 Å². The summed E-state index contributed by atoms with van der Waals surface area (Å²) in [7, 11) is 0. The molecule has 0 amide bonds. The number of nitrogens with one attached hydrogen (secondary N) is 1. The summed E-state index contributed by atoms with van der Waals surface area (Å²) in [6.07, 6.45) is 2.09. The zero-order valence-electron chi connectivity index (χ0n) is 7.62. The molecule has 0 atom stereocenters. The molecule has 1 aliphatic heterocycles. The van der Waals surface area contributed by atoms with Crippen LogP contribution in [0.3, 0.4) is 0 Å². The van der Waals surface area contributed by atoms with Gasteiger partial charge in [-0.2, -0.15) is 0 Å². The standard InChI is InChI=1S/C10H13NOS/c1-13-10-4-2-3-8(5-10)11-9-6-12-7-9/h2-5,9,11H,6-7H2,1H3. The highest BCUT2D eigenvalue weighted by molar-refractivity contribution is 7.98. The van der Waals surface area contributed by atoms with Crippen LogP contribution in [0.5, 0.6) is 0 Å². The van der Waals surface area contributed by atoms with Crippen LogP contribution in [0, 0.1) is 0 Å². The van der Waals surface area contributed by atoms with Gasteiger partial charge < -0.3 is 10.1 Å². The van der Waals surface area contributed by atoms with E-state index >= 15 is 0 Å². The van der Waals surface area contributed by atoms with Crippen molar-refractivity contribution in [2.24, 2.45) is 0 Å². The van der Waals surface area contributed by atoms with Gasteiger partial charge >= 0.3 is 0 Å². The molecule has 1 heterocycles. The summed E-state index contributed by atoms with van der Waals surface area (Å²) in [6, 6.07) is 8.97. The van der Waals surface area contributed by atoms with Crippen LogP contribution in [0.1, 0.15) is 0 Å². The third-order valence-electron chi connectivity index (χ3n) is 2.08. The molecule has 0 spiro atoms. The van der Waals surface area contributed by atoms with E-state index in [1.165, 1.54) is 10.6 Å². The topological polar surface area (TPSA) is 21.3 Å². The number of hydrogen-bond donors (Lipinski definition) is 1. The van der Waals surface area contributed by atoms with Crippen molar-refractivity contribution in [3.05, 3.63) is 24.3 Å². The Hall–Kier alpha value is -0.670. The first-order valence-corrected chi connectivity index (χ1v) is 5.59. The van der Waals surface area contributed by atoms with Gasteiger partial charge in [-0.1, -0.05) is 6.07 Å². The van der Waals surface area contributed by atoms with Crippen LogP contribution < -0.4 is 5.32 Å². The van der Waals surface area contributed by atoms with Crippen LogP contribution in [-0.4, -0.2) is 25.5 Å². The van der Waals surface area contributed by atoms with Crippen molar-refractivity contribution in [2.45, 2.75) is 10.9 Å². The number of ether oxygens (including phenoxy) is 1. The molecule has 70 valence electrons. The van der Waals surface area contributed by atoms with E-state index in [0.29, 0.717) is 6.04 Å². The molecular weight excluding hydrogens is 182 g/mol. The Morgan fingerprint density at radius 3 is 2.92 bits per heavy atom. The van der Waals surface area contributed by atoms with Crippen molar-refractivity contribution in [3.63, 3.8) is 0 Å². The lowest BCUT2D eigenvalue weighted by Gasteiger charge is -2.27. The Bertz CT molecular complexity index is 286. The highest BCUT2D eigenvalue weighted by atomic mass is 32.2. The number of rotatable bonds is 3. The second-order valence-electron chi connectivity index (χ2n) is 3.11. The highest BCUT2D eigenvalue weighted by Crippen LogP contribution is 2.20. The Balaban J connectivity index is 2.01. The van der Waals surface area contributed by atoms with Crippen LogP contribution in [0.25, 0.3) is 0 Å². The molecule has 0 unspecified atom stereocenters. The smallest absolute Gasteiger partial charge is 0.0728 e. The fourth-order valence-electron chi connectivity index (χ4n) is 1.27. The molecule has 1 saturated heterocycles. The predicted octanol–water partition coefficient (Wildman–Crippen LogP) is 2.22. The van der Waals surface area contributed by atoms with E-state index in [1.54, 1.807) is 11.8 Å². The lowest BCUT2D eigenvalue weighted by Crippen LogP contribution is -2.40. The number of thioether (sulfide) groups is 1. The lowest BCUT2D eigenvalue weighted by atomic mass is 10.2. The third-order valence-corrected chi connectivity index (χ3v) is 2.80. The Kier molecular flexibility index (Phi) is 2.76. The summed E-state index contributed by atoms with van der Waals surface area (Å²) in [5.74, 6) is 0. The summed E-state index contributed by atoms with van der Waals surface area (Å²) in [6.45, 7) is 1.67. The van der Waals surface area contributed by atoms with Crippen LogP contribution in [0.4, 0.5) is 5.69 Å². The number of benzene rings is 1. The Morgan fingerprint density at radius 2 is 2.31 bits per heavy atom. The normalized spacial score (nSPS) is 16.7. The molecule has 3 heteroatoms. The van der Waals surface area contributed by atoms with Gasteiger partial charge in [0.05, 0.1) is 19.3 Å². The van der Waals surface area contributed by atoms with Crippen molar-refractivity contribution < 1.29 is 4.74 Å². The van der Waals surface area contributed by atoms with E-state index in [1.807, 2.05) is 0 Å². The molecule has 13 heavy (non-hydrogen) atoms. The van der Waals surface area contributed by atoms with E-state index in [0.717, 1.165) is 13.2 Å². The van der Waals surface area contributed by atoms with Gasteiger partial charge in [0.2, 0.25) is 0 Å². The first-order valence-electron chi connectivity index (χ1n) is 4.37. The summed E-state index contributed by atoms with van der Waals surface area (Å²) in [4.78, 5) is 1.30. The van der Waals surface area contributed by atoms with Crippen molar-refractivity contribution in [1.29, 1.82) is 0 Å². The van der Waals surface area contributed by atoms with E-state index in [9.17, 15) is 0 Å². The molecule has 0 saturated carbocycles. The van der Waals surface area contributed by atoms with E-state index in [4.69, 9.17) is 4.74 Å². The SMILES string of the molecule is CSc1cccc(NC2COC2)c1. The molecule has 1 N–H and O–H groups in total. The van der Waals surface area contributed by atoms with Gasteiger partial charge in [-0.3, -0.25) is 0 Å². The monoisotopic (exact) mass is 195 g/mol. The van der Waals surface area contributed by atoms with Crippen molar-refractivity contribution in [2.75, 3.05) is 24.8 Å². The fourth-order valence-corrected chi connectivity index (χ4v) is 1.73. The van der Waals surface area contributed by atoms with Crippen molar-refractivity contribution in [1.82, 2.24) is 0 Å². The molecule has 1 aromatic carbocycles. The minimum Gasteiger partial charge on any atom is -0.378 e. The van der Waals surface area contributed by atoms with Gasteiger partial charge in [0.25, 0.3) is 0 Å². The Labute approximate surface area is 82.7 Å². The van der Waals surface area contributed by atoms with Gasteiger partial charge in [-0.25, -0.2) is 0 Å². The van der Waals surface area contributed by atoms with Crippen LogP contribution in [0.2, 0.25) is 0 Å². The Morgan fingerprint density at radius 1 is 1.46 bits per heavy atom. The number of hydrogen-bond acceptors (Lipinski definition) is 3. The van der Waals surface area contributed by atoms with Crippen LogP contribution in [-0.2, 0) is 4.74 Å². The first-order chi connectivity index (χ1) is 6.38. The quantitative estimate of drug-likeness (QED) is 0.747. The van der Waals surface area contributed by atoms with E-state index in [2.05, 4.69) is 35.8 Å². The summed E-state index contributed by atoms with van der Waals surface area (Å²) in [5, 5.41) is 3.41. The lowest BCUT2D eigenvalue weighted by molar-refractivity contribution is 0.0211. The molecule has 1 fully saturated rings. The number of anilines is 1. The zero-order valence-corrected chi connectivity index (χ0v) is 8.43. The first kappa shape index (κ1) is 8.91. The average molecular weight is 195 g/mol. The van der Waals surface area contributed by atoms with Gasteiger partial charge in [0, 0.05) is 10.6 Å². The fraction of sp³-hybridized carbons (Fsp3) is 0.400. The van der Waals surface area contributed by atoms with Gasteiger partial charge in [0.1, 0.15) is 0 Å². The molecule has 2 rings (SSSR count). The van der Waals surface area contributed by atoms with Crippen molar-refractivity contribution in [3.8, 4) is 0 Å². The molecular formula is C10H13NOS. The summed E-state index contributed by atoms with van der Waals surface area (Å²) in [5.41, 5.74) is 1.19. The third kappa shape index (κ3) is 2.17. The maximum Gasteiger partial charge on any atom is 0.0728 e. The molecule has 1 aromatic rings. The van der Waals surface area contributed by atoms with E-state index in [-0.39, 0.29) is 0 Å². The second kappa shape index (κ2) is 4.03. The molecule has 0 aliphatic carbocycles. The van der Waals surface area contributed by atoms with E-state index < -0.39 is 0 Å². The zero-order chi connectivity index (χ0) is 9.10. The van der Waals surface area contributed by atoms with Gasteiger partial charge in [-0.05, 0) is 24.5 Å². The summed E-state index contributed by atoms with van der Waals surface area (Å²) < 4.78 is 5.10. The van der Waals surface area contributed by atoms with Gasteiger partial charge in [0.15, 0.2) is 0 Å².